The Bertz CT molecular complexity index is 439. The number of hydrogen-bond acceptors (Lipinski definition) is 5. The first-order valence-corrected chi connectivity index (χ1v) is 4.08. The molecule has 5 nitrogen and oxygen atoms in total. The highest BCUT2D eigenvalue weighted by molar-refractivity contribution is 5.52. The van der Waals surface area contributed by atoms with Gasteiger partial charge in [-0.2, -0.15) is 4.98 Å². The molecule has 0 spiro atoms. The first-order valence-electron chi connectivity index (χ1n) is 4.08. The Hall–Kier alpha value is -2.04. The maximum atomic E-state index is 5.66. The molecule has 2 aromatic rings. The number of hydrogen-bond donors (Lipinski definition) is 1. The topological polar surface area (TPSA) is 74.2 Å². The maximum Gasteiger partial charge on any atom is 0.359 e. The quantitative estimate of drug-likeness (QED) is 0.732. The third-order valence-electron chi connectivity index (χ3n) is 1.63. The lowest BCUT2D eigenvalue weighted by Crippen LogP contribution is -1.92. The van der Waals surface area contributed by atoms with Crippen molar-refractivity contribution in [3.05, 3.63) is 30.2 Å². The van der Waals surface area contributed by atoms with Crippen LogP contribution in [0.15, 0.2) is 28.8 Å². The minimum Gasteiger partial charge on any atom is -0.420 e. The molecule has 0 aliphatic heterocycles. The maximum absolute atomic E-state index is 5.66. The lowest BCUT2D eigenvalue weighted by atomic mass is 10.3. The van der Waals surface area contributed by atoms with E-state index >= 15 is 0 Å². The predicted molar refractivity (Wildman–Crippen MR) is 50.0 cm³/mol. The van der Waals surface area contributed by atoms with E-state index in [0.717, 1.165) is 0 Å². The number of anilines is 1. The zero-order valence-corrected chi connectivity index (χ0v) is 7.60. The van der Waals surface area contributed by atoms with Gasteiger partial charge in [-0.05, 0) is 17.3 Å². The van der Waals surface area contributed by atoms with Crippen molar-refractivity contribution in [2.75, 3.05) is 5.73 Å². The van der Waals surface area contributed by atoms with Gasteiger partial charge in [-0.1, -0.05) is 12.1 Å². The SMILES string of the molecule is Cc1nc(Oc2ccccc2N)no1. The van der Waals surface area contributed by atoms with Crippen LogP contribution in [0, 0.1) is 6.92 Å². The summed E-state index contributed by atoms with van der Waals surface area (Å²) in [5, 5.41) is 3.59. The van der Waals surface area contributed by atoms with Gasteiger partial charge in [-0.3, -0.25) is 0 Å². The molecule has 0 saturated carbocycles. The average molecular weight is 191 g/mol. The summed E-state index contributed by atoms with van der Waals surface area (Å²) >= 11 is 0. The second-order valence-corrected chi connectivity index (χ2v) is 2.74. The molecule has 2 rings (SSSR count). The van der Waals surface area contributed by atoms with E-state index in [1.165, 1.54) is 0 Å². The standard InChI is InChI=1S/C9H9N3O2/c1-6-11-9(12-14-6)13-8-5-3-2-4-7(8)10/h2-5H,10H2,1H3. The largest absolute Gasteiger partial charge is 0.420 e. The molecule has 14 heavy (non-hydrogen) atoms. The van der Waals surface area contributed by atoms with E-state index in [0.29, 0.717) is 17.3 Å². The Balaban J connectivity index is 2.23. The minimum absolute atomic E-state index is 0.167. The highest BCUT2D eigenvalue weighted by Gasteiger charge is 2.06. The molecule has 0 aliphatic rings. The molecule has 2 N–H and O–H groups in total. The first-order chi connectivity index (χ1) is 6.75. The number of nitrogen functional groups attached to an aromatic ring is 1. The van der Waals surface area contributed by atoms with Crippen LogP contribution in [-0.4, -0.2) is 10.1 Å². The molecule has 0 aliphatic carbocycles. The number of ether oxygens (including phenoxy) is 1. The monoisotopic (exact) mass is 191 g/mol. The number of aromatic nitrogens is 2. The van der Waals surface area contributed by atoms with Gasteiger partial charge in [0.2, 0.25) is 5.89 Å². The van der Waals surface area contributed by atoms with Crippen LogP contribution < -0.4 is 10.5 Å². The van der Waals surface area contributed by atoms with Crippen molar-refractivity contribution >= 4 is 5.69 Å². The highest BCUT2D eigenvalue weighted by Crippen LogP contribution is 2.24. The summed E-state index contributed by atoms with van der Waals surface area (Å²) in [6, 6.07) is 7.28. The molecule has 1 aromatic carbocycles. The molecule has 72 valence electrons. The average Bonchev–Trinajstić information content (AvgIpc) is 2.56. The van der Waals surface area contributed by atoms with Gasteiger partial charge in [-0.25, -0.2) is 0 Å². The normalized spacial score (nSPS) is 10.1. The molecule has 0 unspecified atom stereocenters. The molecule has 1 aromatic heterocycles. The van der Waals surface area contributed by atoms with Crippen molar-refractivity contribution in [2.24, 2.45) is 0 Å². The Morgan fingerprint density at radius 3 is 2.79 bits per heavy atom. The van der Waals surface area contributed by atoms with Crippen LogP contribution in [0.4, 0.5) is 5.69 Å². The van der Waals surface area contributed by atoms with Crippen molar-refractivity contribution in [3.63, 3.8) is 0 Å². The summed E-state index contributed by atoms with van der Waals surface area (Å²) < 4.78 is 10.0. The van der Waals surface area contributed by atoms with Gasteiger partial charge in [-0.15, -0.1) is 0 Å². The summed E-state index contributed by atoms with van der Waals surface area (Å²) in [6.07, 6.45) is 0. The van der Waals surface area contributed by atoms with E-state index in [2.05, 4.69) is 10.1 Å². The zero-order chi connectivity index (χ0) is 9.97. The van der Waals surface area contributed by atoms with Crippen LogP contribution in [0.1, 0.15) is 5.89 Å². The fourth-order valence-electron chi connectivity index (χ4n) is 0.994. The number of para-hydroxylation sites is 2. The summed E-state index contributed by atoms with van der Waals surface area (Å²) in [5.41, 5.74) is 6.20. The van der Waals surface area contributed by atoms with Crippen molar-refractivity contribution in [3.8, 4) is 11.8 Å². The van der Waals surface area contributed by atoms with Gasteiger partial charge >= 0.3 is 6.01 Å². The van der Waals surface area contributed by atoms with Crippen LogP contribution in [0.5, 0.6) is 11.8 Å². The molecule has 5 heteroatoms. The third-order valence-corrected chi connectivity index (χ3v) is 1.63. The summed E-state index contributed by atoms with van der Waals surface area (Å²) in [5.74, 6) is 0.975. The Morgan fingerprint density at radius 2 is 2.14 bits per heavy atom. The molecule has 0 atom stereocenters. The van der Waals surface area contributed by atoms with Crippen LogP contribution >= 0.6 is 0 Å². The van der Waals surface area contributed by atoms with Gasteiger partial charge in [0.15, 0.2) is 5.75 Å². The van der Waals surface area contributed by atoms with Crippen molar-refractivity contribution in [1.82, 2.24) is 10.1 Å². The molecular weight excluding hydrogens is 182 g/mol. The van der Waals surface area contributed by atoms with E-state index in [-0.39, 0.29) is 6.01 Å². The van der Waals surface area contributed by atoms with Crippen LogP contribution in [0.3, 0.4) is 0 Å². The van der Waals surface area contributed by atoms with Crippen LogP contribution in [0.2, 0.25) is 0 Å². The second-order valence-electron chi connectivity index (χ2n) is 2.74. The summed E-state index contributed by atoms with van der Waals surface area (Å²) in [4.78, 5) is 3.89. The smallest absolute Gasteiger partial charge is 0.359 e. The number of rotatable bonds is 2. The van der Waals surface area contributed by atoms with E-state index in [4.69, 9.17) is 15.0 Å². The summed E-state index contributed by atoms with van der Waals surface area (Å²) in [7, 11) is 0. The van der Waals surface area contributed by atoms with Crippen LogP contribution in [-0.2, 0) is 0 Å². The van der Waals surface area contributed by atoms with Crippen molar-refractivity contribution in [2.45, 2.75) is 6.92 Å². The first kappa shape index (κ1) is 8.55. The zero-order valence-electron chi connectivity index (χ0n) is 7.60. The van der Waals surface area contributed by atoms with E-state index in [1.807, 2.05) is 12.1 Å². The van der Waals surface area contributed by atoms with Gasteiger partial charge in [0.25, 0.3) is 0 Å². The molecule has 0 amide bonds. The van der Waals surface area contributed by atoms with E-state index < -0.39 is 0 Å². The van der Waals surface area contributed by atoms with Crippen molar-refractivity contribution in [1.29, 1.82) is 0 Å². The lowest BCUT2D eigenvalue weighted by molar-refractivity contribution is 0.355. The number of nitrogens with zero attached hydrogens (tertiary/aromatic N) is 2. The Labute approximate surface area is 80.5 Å². The Kier molecular flexibility index (Phi) is 2.06. The predicted octanol–water partition coefficient (Wildman–Crippen LogP) is 1.75. The van der Waals surface area contributed by atoms with Crippen molar-refractivity contribution < 1.29 is 9.26 Å². The molecule has 1 heterocycles. The molecule has 0 radical (unpaired) electrons. The van der Waals surface area contributed by atoms with Crippen LogP contribution in [0.25, 0.3) is 0 Å². The minimum atomic E-state index is 0.167. The van der Waals surface area contributed by atoms with Gasteiger partial charge < -0.3 is 15.0 Å². The number of nitrogens with two attached hydrogens (primary N) is 1. The summed E-state index contributed by atoms with van der Waals surface area (Å²) in [6.45, 7) is 1.69. The third kappa shape index (κ3) is 1.66. The number of aryl methyl sites for hydroxylation is 1. The Morgan fingerprint density at radius 1 is 1.36 bits per heavy atom. The van der Waals surface area contributed by atoms with Gasteiger partial charge in [0.05, 0.1) is 5.69 Å². The van der Waals surface area contributed by atoms with Gasteiger partial charge in [0, 0.05) is 6.92 Å². The molecule has 0 bridgehead atoms. The fraction of sp³-hybridized carbons (Fsp3) is 0.111. The molecule has 0 fully saturated rings. The molecule has 0 saturated heterocycles. The lowest BCUT2D eigenvalue weighted by Gasteiger charge is -2.02. The molecular formula is C9H9N3O2. The van der Waals surface area contributed by atoms with Gasteiger partial charge in [0.1, 0.15) is 0 Å². The number of benzene rings is 1. The fourth-order valence-corrected chi connectivity index (χ4v) is 0.994. The van der Waals surface area contributed by atoms with E-state index in [1.54, 1.807) is 19.1 Å². The second kappa shape index (κ2) is 3.37. The highest BCUT2D eigenvalue weighted by atomic mass is 16.6. The van der Waals surface area contributed by atoms with E-state index in [9.17, 15) is 0 Å².